The Hall–Kier alpha value is -2.41. The van der Waals surface area contributed by atoms with E-state index >= 15 is 0 Å². The molecule has 0 aliphatic carbocycles. The number of esters is 1. The molecular formula is C19H25N3O3S. The van der Waals surface area contributed by atoms with Crippen LogP contribution in [-0.4, -0.2) is 30.4 Å². The molecule has 0 aliphatic heterocycles. The number of hydrogen-bond acceptors (Lipinski definition) is 7. The highest BCUT2D eigenvalue weighted by molar-refractivity contribution is 7.13. The fourth-order valence-corrected chi connectivity index (χ4v) is 2.87. The smallest absolute Gasteiger partial charge is 0.311 e. The van der Waals surface area contributed by atoms with Gasteiger partial charge in [-0.1, -0.05) is 31.9 Å². The van der Waals surface area contributed by atoms with E-state index in [1.54, 1.807) is 13.1 Å². The molecule has 1 aromatic heterocycles. The van der Waals surface area contributed by atoms with Crippen molar-refractivity contribution < 1.29 is 14.3 Å². The number of rotatable bonds is 11. The minimum atomic E-state index is -0.276. The lowest BCUT2D eigenvalue weighted by Gasteiger charge is -2.08. The van der Waals surface area contributed by atoms with Crippen molar-refractivity contribution in [2.24, 2.45) is 5.10 Å². The van der Waals surface area contributed by atoms with Gasteiger partial charge in [-0.2, -0.15) is 5.10 Å². The van der Waals surface area contributed by atoms with E-state index in [2.05, 4.69) is 22.4 Å². The molecule has 0 atom stereocenters. The van der Waals surface area contributed by atoms with Crippen LogP contribution in [0, 0.1) is 0 Å². The van der Waals surface area contributed by atoms with Crippen molar-refractivity contribution in [1.29, 1.82) is 0 Å². The monoisotopic (exact) mass is 375 g/mol. The van der Waals surface area contributed by atoms with Crippen LogP contribution in [-0.2, 0) is 16.0 Å². The molecule has 0 spiro atoms. The van der Waals surface area contributed by atoms with Gasteiger partial charge in [0.1, 0.15) is 5.75 Å². The Labute approximate surface area is 158 Å². The third kappa shape index (κ3) is 6.84. The van der Waals surface area contributed by atoms with Gasteiger partial charge in [-0.25, -0.2) is 4.98 Å². The number of carbonyl (C=O) groups is 1. The van der Waals surface area contributed by atoms with Crippen LogP contribution in [0.3, 0.4) is 0 Å². The van der Waals surface area contributed by atoms with E-state index in [1.165, 1.54) is 17.8 Å². The number of hydrazone groups is 1. The molecule has 6 nitrogen and oxygen atoms in total. The first kappa shape index (κ1) is 19.9. The Morgan fingerprint density at radius 1 is 1.31 bits per heavy atom. The minimum Gasteiger partial charge on any atom is -0.493 e. The first-order valence-electron chi connectivity index (χ1n) is 8.83. The van der Waals surface area contributed by atoms with Crippen LogP contribution in [0.5, 0.6) is 5.75 Å². The predicted octanol–water partition coefficient (Wildman–Crippen LogP) is 4.26. The van der Waals surface area contributed by atoms with Crippen LogP contribution in [0.25, 0.3) is 0 Å². The van der Waals surface area contributed by atoms with Gasteiger partial charge in [0.25, 0.3) is 0 Å². The maximum atomic E-state index is 11.5. The number of nitrogens with zero attached hydrogens (tertiary/aromatic N) is 2. The molecule has 0 saturated heterocycles. The standard InChI is InChI=1S/C19H25N3O3S/c1-3-5-8-11-25-17-10-7-6-9-15(17)13-20-22-19-21-16(14-26-19)12-18(23)24-4-2/h6-7,9-10,13-14H,3-5,8,11-12H2,1-2H3,(H,21,22). The lowest BCUT2D eigenvalue weighted by Crippen LogP contribution is -2.07. The number of nitrogens with one attached hydrogen (secondary N) is 1. The van der Waals surface area contributed by atoms with E-state index in [-0.39, 0.29) is 12.4 Å². The van der Waals surface area contributed by atoms with Crippen LogP contribution >= 0.6 is 11.3 Å². The van der Waals surface area contributed by atoms with Crippen molar-refractivity contribution in [2.75, 3.05) is 18.6 Å². The van der Waals surface area contributed by atoms with Gasteiger partial charge in [0.05, 0.1) is 31.5 Å². The second kappa shape index (κ2) is 11.3. The van der Waals surface area contributed by atoms with Gasteiger partial charge >= 0.3 is 5.97 Å². The van der Waals surface area contributed by atoms with Gasteiger partial charge in [-0.15, -0.1) is 11.3 Å². The number of hydrogen-bond donors (Lipinski definition) is 1. The molecule has 7 heteroatoms. The lowest BCUT2D eigenvalue weighted by atomic mass is 10.2. The van der Waals surface area contributed by atoms with Crippen molar-refractivity contribution >= 4 is 28.7 Å². The van der Waals surface area contributed by atoms with Gasteiger partial charge in [0.15, 0.2) is 0 Å². The summed E-state index contributed by atoms with van der Waals surface area (Å²) in [5.74, 6) is 0.540. The molecule has 140 valence electrons. The summed E-state index contributed by atoms with van der Waals surface area (Å²) in [5, 5.41) is 6.67. The largest absolute Gasteiger partial charge is 0.493 e. The average Bonchev–Trinajstić information content (AvgIpc) is 3.07. The van der Waals surface area contributed by atoms with Gasteiger partial charge in [-0.3, -0.25) is 10.2 Å². The summed E-state index contributed by atoms with van der Waals surface area (Å²) in [6, 6.07) is 7.78. The summed E-state index contributed by atoms with van der Waals surface area (Å²) >= 11 is 1.39. The zero-order valence-electron chi connectivity index (χ0n) is 15.2. The van der Waals surface area contributed by atoms with Crippen LogP contribution in [0.4, 0.5) is 5.13 Å². The highest BCUT2D eigenvalue weighted by Gasteiger charge is 2.08. The van der Waals surface area contributed by atoms with Crippen molar-refractivity contribution in [2.45, 2.75) is 39.5 Å². The Morgan fingerprint density at radius 3 is 2.96 bits per heavy atom. The number of ether oxygens (including phenoxy) is 2. The molecular weight excluding hydrogens is 350 g/mol. The molecule has 1 N–H and O–H groups in total. The molecule has 26 heavy (non-hydrogen) atoms. The van der Waals surface area contributed by atoms with E-state index in [0.717, 1.165) is 24.2 Å². The van der Waals surface area contributed by atoms with E-state index in [4.69, 9.17) is 9.47 Å². The van der Waals surface area contributed by atoms with Crippen LogP contribution in [0.1, 0.15) is 44.4 Å². The highest BCUT2D eigenvalue weighted by atomic mass is 32.1. The van der Waals surface area contributed by atoms with E-state index in [1.807, 2.05) is 29.6 Å². The highest BCUT2D eigenvalue weighted by Crippen LogP contribution is 2.18. The quantitative estimate of drug-likeness (QED) is 0.275. The molecule has 2 aromatic rings. The number of benzene rings is 1. The second-order valence-electron chi connectivity index (χ2n) is 5.59. The van der Waals surface area contributed by atoms with Crippen molar-refractivity contribution in [3.63, 3.8) is 0 Å². The van der Waals surface area contributed by atoms with Crippen LogP contribution in [0.15, 0.2) is 34.7 Å². The number of unbranched alkanes of at least 4 members (excludes halogenated alkanes) is 2. The second-order valence-corrected chi connectivity index (χ2v) is 6.45. The first-order valence-corrected chi connectivity index (χ1v) is 9.71. The van der Waals surface area contributed by atoms with E-state index < -0.39 is 0 Å². The third-order valence-electron chi connectivity index (χ3n) is 3.47. The number of thiazole rings is 1. The van der Waals surface area contributed by atoms with Crippen LogP contribution in [0.2, 0.25) is 0 Å². The molecule has 0 radical (unpaired) electrons. The van der Waals surface area contributed by atoms with Crippen LogP contribution < -0.4 is 10.2 Å². The number of aromatic nitrogens is 1. The molecule has 0 unspecified atom stereocenters. The minimum absolute atomic E-state index is 0.171. The van der Waals surface area contributed by atoms with E-state index in [9.17, 15) is 4.79 Å². The SMILES string of the molecule is CCCCCOc1ccccc1C=NNc1nc(CC(=O)OCC)cs1. The fraction of sp³-hybridized carbons (Fsp3) is 0.421. The summed E-state index contributed by atoms with van der Waals surface area (Å²) in [4.78, 5) is 15.8. The zero-order chi connectivity index (χ0) is 18.6. The maximum absolute atomic E-state index is 11.5. The molecule has 0 aliphatic rings. The zero-order valence-corrected chi connectivity index (χ0v) is 16.1. The van der Waals surface area contributed by atoms with Gasteiger partial charge in [-0.05, 0) is 25.5 Å². The van der Waals surface area contributed by atoms with Gasteiger partial charge < -0.3 is 9.47 Å². The van der Waals surface area contributed by atoms with Gasteiger partial charge in [0.2, 0.25) is 5.13 Å². The van der Waals surface area contributed by atoms with E-state index in [0.29, 0.717) is 24.0 Å². The molecule has 2 rings (SSSR count). The summed E-state index contributed by atoms with van der Waals surface area (Å²) in [7, 11) is 0. The predicted molar refractivity (Wildman–Crippen MR) is 105 cm³/mol. The number of anilines is 1. The summed E-state index contributed by atoms with van der Waals surface area (Å²) in [6.45, 7) is 5.03. The maximum Gasteiger partial charge on any atom is 0.311 e. The molecule has 0 amide bonds. The van der Waals surface area contributed by atoms with Crippen molar-refractivity contribution in [3.05, 3.63) is 40.9 Å². The van der Waals surface area contributed by atoms with Crippen molar-refractivity contribution in [1.82, 2.24) is 4.98 Å². The third-order valence-corrected chi connectivity index (χ3v) is 4.27. The topological polar surface area (TPSA) is 72.8 Å². The first-order chi connectivity index (χ1) is 12.7. The molecule has 0 fully saturated rings. The lowest BCUT2D eigenvalue weighted by molar-refractivity contribution is -0.142. The molecule has 1 aromatic carbocycles. The summed E-state index contributed by atoms with van der Waals surface area (Å²) in [5.41, 5.74) is 4.47. The Morgan fingerprint density at radius 2 is 2.15 bits per heavy atom. The molecule has 1 heterocycles. The average molecular weight is 375 g/mol. The summed E-state index contributed by atoms with van der Waals surface area (Å²) in [6.07, 6.45) is 5.26. The Bertz CT molecular complexity index is 716. The molecule has 0 saturated carbocycles. The number of para-hydroxylation sites is 1. The molecule has 0 bridgehead atoms. The fourth-order valence-electron chi connectivity index (χ4n) is 2.21. The summed E-state index contributed by atoms with van der Waals surface area (Å²) < 4.78 is 10.7. The number of carbonyl (C=O) groups excluding carboxylic acids is 1. The van der Waals surface area contributed by atoms with Crippen molar-refractivity contribution in [3.8, 4) is 5.75 Å². The normalized spacial score (nSPS) is 10.8. The Kier molecular flexibility index (Phi) is 8.62. The Balaban J connectivity index is 1.88. The van der Waals surface area contributed by atoms with Gasteiger partial charge in [0, 0.05) is 10.9 Å².